The Hall–Kier alpha value is -2.41. The van der Waals surface area contributed by atoms with E-state index in [0.717, 1.165) is 17.9 Å². The zero-order valence-electron chi connectivity index (χ0n) is 15.1. The zero-order chi connectivity index (χ0) is 18.1. The third-order valence-corrected chi connectivity index (χ3v) is 3.60. The molecule has 1 aromatic carbocycles. The first-order valence-electron chi connectivity index (χ1n) is 8.54. The fourth-order valence-electron chi connectivity index (χ4n) is 2.37. The summed E-state index contributed by atoms with van der Waals surface area (Å²) < 4.78 is 21.4. The molecule has 6 nitrogen and oxygen atoms in total. The lowest BCUT2D eigenvalue weighted by Gasteiger charge is -2.12. The highest BCUT2D eigenvalue weighted by atomic mass is 19.1. The number of hydrogen-bond acceptors (Lipinski definition) is 3. The van der Waals surface area contributed by atoms with Crippen LogP contribution in [0, 0.1) is 12.7 Å². The van der Waals surface area contributed by atoms with Crippen molar-refractivity contribution in [1.82, 2.24) is 20.2 Å². The molecule has 0 fully saturated rings. The molecule has 2 rings (SSSR count). The van der Waals surface area contributed by atoms with E-state index in [1.807, 2.05) is 26.8 Å². The van der Waals surface area contributed by atoms with Crippen LogP contribution in [0.25, 0.3) is 5.69 Å². The van der Waals surface area contributed by atoms with Crippen LogP contribution < -0.4 is 10.6 Å². The van der Waals surface area contributed by atoms with Gasteiger partial charge in [-0.2, -0.15) is 0 Å². The number of benzene rings is 1. The lowest BCUT2D eigenvalue weighted by molar-refractivity contribution is 0.152. The van der Waals surface area contributed by atoms with Crippen LogP contribution in [0.4, 0.5) is 4.39 Å². The SMILES string of the molecule is CCNC(=NCc1ccc(-n2ccnc2C)c(F)c1)NCCOCC. The van der Waals surface area contributed by atoms with Crippen LogP contribution >= 0.6 is 0 Å². The van der Waals surface area contributed by atoms with Gasteiger partial charge in [-0.1, -0.05) is 6.07 Å². The predicted octanol–water partition coefficient (Wildman–Crippen LogP) is 2.41. The minimum atomic E-state index is -0.289. The second kappa shape index (κ2) is 9.78. The Balaban J connectivity index is 2.03. The molecule has 0 atom stereocenters. The number of guanidine groups is 1. The van der Waals surface area contributed by atoms with Gasteiger partial charge in [0, 0.05) is 32.1 Å². The number of aryl methyl sites for hydroxylation is 1. The Labute approximate surface area is 148 Å². The largest absolute Gasteiger partial charge is 0.380 e. The lowest BCUT2D eigenvalue weighted by Crippen LogP contribution is -2.39. The van der Waals surface area contributed by atoms with Crippen LogP contribution in [0.1, 0.15) is 25.2 Å². The summed E-state index contributed by atoms with van der Waals surface area (Å²) in [5.41, 5.74) is 1.30. The van der Waals surface area contributed by atoms with Crippen molar-refractivity contribution < 1.29 is 9.13 Å². The van der Waals surface area contributed by atoms with Gasteiger partial charge in [0.1, 0.15) is 11.6 Å². The summed E-state index contributed by atoms with van der Waals surface area (Å²) in [6, 6.07) is 5.15. The first kappa shape index (κ1) is 18.9. The summed E-state index contributed by atoms with van der Waals surface area (Å²) in [4.78, 5) is 8.61. The standard InChI is InChI=1S/C18H26FN5O/c1-4-20-18(22-9-11-25-5-2)23-13-15-6-7-17(16(19)12-15)24-10-8-21-14(24)3/h6-8,10,12H,4-5,9,11,13H2,1-3H3,(H2,20,22,23). The normalized spacial score (nSPS) is 11.6. The Kier molecular flexibility index (Phi) is 7.40. The third-order valence-electron chi connectivity index (χ3n) is 3.60. The van der Waals surface area contributed by atoms with Crippen LogP contribution in [0.2, 0.25) is 0 Å². The fourth-order valence-corrected chi connectivity index (χ4v) is 2.37. The molecule has 7 heteroatoms. The van der Waals surface area contributed by atoms with Gasteiger partial charge < -0.3 is 19.9 Å². The molecule has 25 heavy (non-hydrogen) atoms. The maximum atomic E-state index is 14.4. The van der Waals surface area contributed by atoms with Gasteiger partial charge in [0.05, 0.1) is 18.8 Å². The molecule has 1 aromatic heterocycles. The van der Waals surface area contributed by atoms with Crippen molar-refractivity contribution >= 4 is 5.96 Å². The third kappa shape index (κ3) is 5.56. The van der Waals surface area contributed by atoms with Crippen LogP contribution in [0.5, 0.6) is 0 Å². The first-order valence-corrected chi connectivity index (χ1v) is 8.54. The monoisotopic (exact) mass is 347 g/mol. The smallest absolute Gasteiger partial charge is 0.191 e. The van der Waals surface area contributed by atoms with Crippen molar-refractivity contribution in [2.45, 2.75) is 27.3 Å². The topological polar surface area (TPSA) is 63.5 Å². The number of aromatic nitrogens is 2. The van der Waals surface area contributed by atoms with Gasteiger partial charge in [-0.05, 0) is 38.5 Å². The Morgan fingerprint density at radius 2 is 2.16 bits per heavy atom. The maximum absolute atomic E-state index is 14.4. The van der Waals surface area contributed by atoms with Crippen molar-refractivity contribution in [3.05, 3.63) is 47.8 Å². The fraction of sp³-hybridized carbons (Fsp3) is 0.444. The van der Waals surface area contributed by atoms with Gasteiger partial charge in [-0.25, -0.2) is 14.4 Å². The maximum Gasteiger partial charge on any atom is 0.191 e. The van der Waals surface area contributed by atoms with Crippen LogP contribution in [0.15, 0.2) is 35.6 Å². The molecule has 2 N–H and O–H groups in total. The minimum Gasteiger partial charge on any atom is -0.380 e. The zero-order valence-corrected chi connectivity index (χ0v) is 15.1. The molecule has 0 unspecified atom stereocenters. The molecular weight excluding hydrogens is 321 g/mol. The Morgan fingerprint density at radius 3 is 2.80 bits per heavy atom. The van der Waals surface area contributed by atoms with E-state index < -0.39 is 0 Å². The van der Waals surface area contributed by atoms with Crippen molar-refractivity contribution in [3.8, 4) is 5.69 Å². The van der Waals surface area contributed by atoms with Crippen molar-refractivity contribution in [1.29, 1.82) is 0 Å². The summed E-state index contributed by atoms with van der Waals surface area (Å²) in [5.74, 6) is 1.15. The quantitative estimate of drug-likeness (QED) is 0.437. The molecule has 2 aromatic rings. The van der Waals surface area contributed by atoms with E-state index in [1.165, 1.54) is 6.07 Å². The number of rotatable bonds is 8. The second-order valence-corrected chi connectivity index (χ2v) is 5.45. The second-order valence-electron chi connectivity index (χ2n) is 5.45. The molecule has 1 heterocycles. The Bertz CT molecular complexity index is 699. The molecule has 0 aliphatic carbocycles. The van der Waals surface area contributed by atoms with E-state index >= 15 is 0 Å². The van der Waals surface area contributed by atoms with Gasteiger partial charge in [-0.15, -0.1) is 0 Å². The Morgan fingerprint density at radius 1 is 1.32 bits per heavy atom. The van der Waals surface area contributed by atoms with Crippen molar-refractivity contribution in [2.24, 2.45) is 4.99 Å². The highest BCUT2D eigenvalue weighted by Gasteiger charge is 2.08. The predicted molar refractivity (Wildman–Crippen MR) is 97.6 cm³/mol. The van der Waals surface area contributed by atoms with E-state index in [-0.39, 0.29) is 5.82 Å². The van der Waals surface area contributed by atoms with E-state index in [4.69, 9.17) is 4.74 Å². The number of nitrogens with one attached hydrogen (secondary N) is 2. The molecule has 0 aliphatic rings. The summed E-state index contributed by atoms with van der Waals surface area (Å²) in [7, 11) is 0. The number of ether oxygens (including phenoxy) is 1. The lowest BCUT2D eigenvalue weighted by atomic mass is 10.2. The number of imidazole rings is 1. The summed E-state index contributed by atoms with van der Waals surface area (Å²) >= 11 is 0. The van der Waals surface area contributed by atoms with Gasteiger partial charge in [-0.3, -0.25) is 0 Å². The first-order chi connectivity index (χ1) is 12.2. The van der Waals surface area contributed by atoms with E-state index in [9.17, 15) is 4.39 Å². The highest BCUT2D eigenvalue weighted by Crippen LogP contribution is 2.17. The molecule has 0 radical (unpaired) electrons. The number of nitrogens with zero attached hydrogens (tertiary/aromatic N) is 3. The van der Waals surface area contributed by atoms with Crippen LogP contribution in [-0.4, -0.2) is 41.8 Å². The molecule has 0 saturated carbocycles. The molecular formula is C18H26FN5O. The van der Waals surface area contributed by atoms with Crippen LogP contribution in [-0.2, 0) is 11.3 Å². The molecule has 0 aliphatic heterocycles. The van der Waals surface area contributed by atoms with Gasteiger partial charge >= 0.3 is 0 Å². The van der Waals surface area contributed by atoms with E-state index in [0.29, 0.717) is 38.0 Å². The molecule has 0 bridgehead atoms. The number of aliphatic imine (C=N–C) groups is 1. The number of hydrogen-bond donors (Lipinski definition) is 2. The van der Waals surface area contributed by atoms with Gasteiger partial charge in [0.2, 0.25) is 0 Å². The highest BCUT2D eigenvalue weighted by molar-refractivity contribution is 5.79. The number of halogens is 1. The van der Waals surface area contributed by atoms with E-state index in [1.54, 1.807) is 23.0 Å². The average Bonchev–Trinajstić information content (AvgIpc) is 3.02. The minimum absolute atomic E-state index is 0.289. The summed E-state index contributed by atoms with van der Waals surface area (Å²) in [5, 5.41) is 6.35. The van der Waals surface area contributed by atoms with Crippen molar-refractivity contribution in [3.63, 3.8) is 0 Å². The molecule has 0 saturated heterocycles. The van der Waals surface area contributed by atoms with Crippen LogP contribution in [0.3, 0.4) is 0 Å². The molecule has 0 amide bonds. The van der Waals surface area contributed by atoms with Gasteiger partial charge in [0.15, 0.2) is 5.96 Å². The summed E-state index contributed by atoms with van der Waals surface area (Å²) in [6.45, 7) is 8.94. The average molecular weight is 347 g/mol. The summed E-state index contributed by atoms with van der Waals surface area (Å²) in [6.07, 6.45) is 3.40. The molecule has 0 spiro atoms. The van der Waals surface area contributed by atoms with E-state index in [2.05, 4.69) is 20.6 Å². The molecule has 136 valence electrons. The van der Waals surface area contributed by atoms with Crippen molar-refractivity contribution in [2.75, 3.05) is 26.3 Å². The van der Waals surface area contributed by atoms with Gasteiger partial charge in [0.25, 0.3) is 0 Å².